The molecule has 1 fully saturated rings. The summed E-state index contributed by atoms with van der Waals surface area (Å²) in [5.74, 6) is 0. The Hall–Kier alpha value is -0.950. The Labute approximate surface area is 119 Å². The number of nitrogens with zero attached hydrogens (tertiary/aromatic N) is 1. The molecule has 0 saturated heterocycles. The second-order valence-corrected chi connectivity index (χ2v) is 7.59. The fourth-order valence-corrected chi connectivity index (χ4v) is 3.89. The van der Waals surface area contributed by atoms with Crippen molar-refractivity contribution in [3.05, 3.63) is 35.4 Å². The molecule has 0 unspecified atom stereocenters. The first-order valence-electron chi connectivity index (χ1n) is 6.97. The Morgan fingerprint density at radius 1 is 1.25 bits per heavy atom. The van der Waals surface area contributed by atoms with Crippen molar-refractivity contribution in [1.82, 2.24) is 9.03 Å². The van der Waals surface area contributed by atoms with E-state index in [1.54, 1.807) is 0 Å². The number of benzene rings is 1. The molecular weight excluding hydrogens is 276 g/mol. The number of rotatable bonds is 5. The minimum Gasteiger partial charge on any atom is -0.396 e. The van der Waals surface area contributed by atoms with Crippen molar-refractivity contribution in [2.45, 2.75) is 25.8 Å². The Bertz CT molecular complexity index is 596. The third-order valence-corrected chi connectivity index (χ3v) is 5.86. The minimum absolute atomic E-state index is 0.0539. The molecule has 0 spiro atoms. The van der Waals surface area contributed by atoms with Crippen molar-refractivity contribution < 1.29 is 13.5 Å². The maximum absolute atomic E-state index is 12.3. The van der Waals surface area contributed by atoms with Gasteiger partial charge in [0.1, 0.15) is 0 Å². The molecule has 0 aromatic heterocycles. The van der Waals surface area contributed by atoms with Gasteiger partial charge in [-0.15, -0.1) is 0 Å². The first kappa shape index (κ1) is 14.0. The van der Waals surface area contributed by atoms with E-state index >= 15 is 0 Å². The minimum atomic E-state index is -3.46. The molecule has 0 amide bonds. The van der Waals surface area contributed by atoms with Gasteiger partial charge in [-0.1, -0.05) is 24.3 Å². The average molecular weight is 296 g/mol. The van der Waals surface area contributed by atoms with E-state index in [0.717, 1.165) is 24.8 Å². The van der Waals surface area contributed by atoms with Crippen molar-refractivity contribution in [3.63, 3.8) is 0 Å². The van der Waals surface area contributed by atoms with Gasteiger partial charge < -0.3 is 5.11 Å². The average Bonchev–Trinajstić information content (AvgIpc) is 3.25. The molecule has 1 aromatic carbocycles. The fourth-order valence-electron chi connectivity index (χ4n) is 2.58. The molecule has 1 aliphatic carbocycles. The number of aliphatic hydroxyl groups is 1. The van der Waals surface area contributed by atoms with Gasteiger partial charge in [0.2, 0.25) is 0 Å². The molecule has 1 aliphatic heterocycles. The van der Waals surface area contributed by atoms with Crippen LogP contribution in [0.25, 0.3) is 0 Å². The monoisotopic (exact) mass is 296 g/mol. The third kappa shape index (κ3) is 2.74. The first-order chi connectivity index (χ1) is 9.55. The zero-order valence-electron chi connectivity index (χ0n) is 11.4. The summed E-state index contributed by atoms with van der Waals surface area (Å²) in [6.45, 7) is 1.33. The largest absolute Gasteiger partial charge is 0.396 e. The second-order valence-electron chi connectivity index (χ2n) is 5.84. The Balaban J connectivity index is 1.67. The van der Waals surface area contributed by atoms with Gasteiger partial charge in [0.25, 0.3) is 10.2 Å². The molecule has 2 aliphatic rings. The smallest absolute Gasteiger partial charge is 0.279 e. The highest BCUT2D eigenvalue weighted by molar-refractivity contribution is 7.87. The van der Waals surface area contributed by atoms with Crippen molar-refractivity contribution >= 4 is 10.2 Å². The molecular formula is C14H20N2O3S. The molecule has 0 bridgehead atoms. The Morgan fingerprint density at radius 3 is 2.60 bits per heavy atom. The van der Waals surface area contributed by atoms with Crippen LogP contribution in [0.2, 0.25) is 0 Å². The van der Waals surface area contributed by atoms with E-state index in [4.69, 9.17) is 0 Å². The molecule has 110 valence electrons. The van der Waals surface area contributed by atoms with E-state index in [-0.39, 0.29) is 12.0 Å². The van der Waals surface area contributed by atoms with E-state index in [2.05, 4.69) is 10.8 Å². The van der Waals surface area contributed by atoms with Crippen LogP contribution in [0.4, 0.5) is 0 Å². The molecule has 2 N–H and O–H groups in total. The van der Waals surface area contributed by atoms with Crippen LogP contribution in [0.15, 0.2) is 24.3 Å². The molecule has 20 heavy (non-hydrogen) atoms. The number of hydrogen-bond donors (Lipinski definition) is 2. The van der Waals surface area contributed by atoms with Crippen LogP contribution >= 0.6 is 0 Å². The van der Waals surface area contributed by atoms with Crippen LogP contribution in [-0.2, 0) is 23.2 Å². The summed E-state index contributed by atoms with van der Waals surface area (Å²) in [5.41, 5.74) is 2.10. The van der Waals surface area contributed by atoms with Gasteiger partial charge in [-0.3, -0.25) is 0 Å². The number of aliphatic hydroxyl groups excluding tert-OH is 1. The maximum Gasteiger partial charge on any atom is 0.279 e. The highest BCUT2D eigenvalue weighted by Gasteiger charge is 2.43. The van der Waals surface area contributed by atoms with Gasteiger partial charge in [0, 0.05) is 31.7 Å². The van der Waals surface area contributed by atoms with Crippen LogP contribution in [-0.4, -0.2) is 37.5 Å². The van der Waals surface area contributed by atoms with Crippen molar-refractivity contribution in [2.75, 3.05) is 19.7 Å². The molecule has 0 radical (unpaired) electrons. The Kier molecular flexibility index (Phi) is 3.58. The van der Waals surface area contributed by atoms with Gasteiger partial charge in [0.05, 0.1) is 0 Å². The highest BCUT2D eigenvalue weighted by atomic mass is 32.2. The molecule has 3 rings (SSSR count). The van der Waals surface area contributed by atoms with Crippen LogP contribution < -0.4 is 4.72 Å². The Morgan fingerprint density at radius 2 is 1.95 bits per heavy atom. The van der Waals surface area contributed by atoms with Crippen LogP contribution in [0.3, 0.4) is 0 Å². The summed E-state index contributed by atoms with van der Waals surface area (Å²) < 4.78 is 28.8. The van der Waals surface area contributed by atoms with Crippen molar-refractivity contribution in [1.29, 1.82) is 0 Å². The predicted octanol–water partition coefficient (Wildman–Crippen LogP) is 0.652. The topological polar surface area (TPSA) is 69.6 Å². The summed E-state index contributed by atoms with van der Waals surface area (Å²) in [7, 11) is -3.46. The van der Waals surface area contributed by atoms with E-state index in [9.17, 15) is 13.5 Å². The predicted molar refractivity (Wildman–Crippen MR) is 76.2 cm³/mol. The van der Waals surface area contributed by atoms with E-state index in [1.165, 1.54) is 9.87 Å². The zero-order chi connectivity index (χ0) is 14.2. The lowest BCUT2D eigenvalue weighted by Crippen LogP contribution is -2.45. The van der Waals surface area contributed by atoms with Crippen molar-refractivity contribution in [3.8, 4) is 0 Å². The summed E-state index contributed by atoms with van der Waals surface area (Å²) in [5, 5.41) is 9.25. The number of fused-ring (bicyclic) bond motifs is 1. The number of hydrogen-bond acceptors (Lipinski definition) is 3. The number of nitrogens with one attached hydrogen (secondary N) is 1. The van der Waals surface area contributed by atoms with Gasteiger partial charge in [-0.05, 0) is 30.4 Å². The lowest BCUT2D eigenvalue weighted by molar-refractivity contribution is 0.212. The van der Waals surface area contributed by atoms with Crippen molar-refractivity contribution in [2.24, 2.45) is 5.41 Å². The van der Waals surface area contributed by atoms with E-state index in [1.807, 2.05) is 18.2 Å². The maximum atomic E-state index is 12.3. The van der Waals surface area contributed by atoms with Crippen LogP contribution in [0.1, 0.15) is 24.0 Å². The molecule has 5 nitrogen and oxygen atoms in total. The van der Waals surface area contributed by atoms with Crippen LogP contribution in [0.5, 0.6) is 0 Å². The standard InChI is InChI=1S/C14H20N2O3S/c17-11-14(6-7-14)10-15-20(18,19)16-8-5-12-3-1-2-4-13(12)9-16/h1-4,15,17H,5-11H2. The van der Waals surface area contributed by atoms with E-state index in [0.29, 0.717) is 19.6 Å². The first-order valence-corrected chi connectivity index (χ1v) is 8.41. The van der Waals surface area contributed by atoms with Gasteiger partial charge in [-0.2, -0.15) is 12.7 Å². The van der Waals surface area contributed by atoms with E-state index < -0.39 is 10.2 Å². The van der Waals surface area contributed by atoms with Gasteiger partial charge >= 0.3 is 0 Å². The fraction of sp³-hybridized carbons (Fsp3) is 0.571. The van der Waals surface area contributed by atoms with Gasteiger partial charge in [0.15, 0.2) is 0 Å². The lowest BCUT2D eigenvalue weighted by atomic mass is 10.0. The molecule has 1 aromatic rings. The third-order valence-electron chi connectivity index (χ3n) is 4.36. The highest BCUT2D eigenvalue weighted by Crippen LogP contribution is 2.44. The van der Waals surface area contributed by atoms with Crippen LogP contribution in [0, 0.1) is 5.41 Å². The summed E-state index contributed by atoms with van der Waals surface area (Å²) in [6.07, 6.45) is 2.55. The summed E-state index contributed by atoms with van der Waals surface area (Å²) in [6, 6.07) is 7.96. The second kappa shape index (κ2) is 5.11. The molecule has 0 atom stereocenters. The quantitative estimate of drug-likeness (QED) is 0.838. The van der Waals surface area contributed by atoms with Gasteiger partial charge in [-0.25, -0.2) is 4.72 Å². The lowest BCUT2D eigenvalue weighted by Gasteiger charge is -2.28. The normalized spacial score (nSPS) is 21.4. The summed E-state index contributed by atoms with van der Waals surface area (Å²) >= 11 is 0. The molecule has 1 saturated carbocycles. The SMILES string of the molecule is O=S(=O)(NCC1(CO)CC1)N1CCc2ccccc2C1. The molecule has 6 heteroatoms. The summed E-state index contributed by atoms with van der Waals surface area (Å²) in [4.78, 5) is 0. The zero-order valence-corrected chi connectivity index (χ0v) is 12.2. The molecule has 1 heterocycles.